The molecule has 1 aliphatic carbocycles. The summed E-state index contributed by atoms with van der Waals surface area (Å²) in [4.78, 5) is 0. The van der Waals surface area contributed by atoms with Crippen molar-refractivity contribution >= 4 is 10.1 Å². The van der Waals surface area contributed by atoms with Gasteiger partial charge in [0.1, 0.15) is 5.75 Å². The molecular formula is C13H16O3S. The molecule has 0 amide bonds. The average molecular weight is 252 g/mol. The van der Waals surface area contributed by atoms with Crippen LogP contribution in [0.3, 0.4) is 0 Å². The van der Waals surface area contributed by atoms with Crippen molar-refractivity contribution < 1.29 is 12.6 Å². The van der Waals surface area contributed by atoms with Gasteiger partial charge in [-0.15, -0.1) is 0 Å². The summed E-state index contributed by atoms with van der Waals surface area (Å²) in [5.74, 6) is 0.965. The minimum Gasteiger partial charge on any atom is -0.379 e. The van der Waals surface area contributed by atoms with E-state index in [9.17, 15) is 8.42 Å². The maximum Gasteiger partial charge on any atom is 0.331 e. The smallest absolute Gasteiger partial charge is 0.331 e. The third-order valence-corrected chi connectivity index (χ3v) is 3.96. The molecule has 0 unspecified atom stereocenters. The van der Waals surface area contributed by atoms with E-state index >= 15 is 0 Å². The molecule has 3 nitrogen and oxygen atoms in total. The fraction of sp³-hybridized carbons (Fsp3) is 0.385. The highest BCUT2D eigenvalue weighted by Gasteiger charge is 2.17. The number of hydrogen-bond acceptors (Lipinski definition) is 3. The molecule has 0 spiro atoms. The molecule has 0 bridgehead atoms. The van der Waals surface area contributed by atoms with Gasteiger partial charge in [0.05, 0.1) is 5.41 Å². The quantitative estimate of drug-likeness (QED) is 0.773. The normalized spacial score (nSPS) is 16.9. The van der Waals surface area contributed by atoms with E-state index in [1.54, 1.807) is 12.1 Å². The van der Waals surface area contributed by atoms with E-state index in [-0.39, 0.29) is 0 Å². The lowest BCUT2D eigenvalue weighted by molar-refractivity contribution is 0.496. The topological polar surface area (TPSA) is 43.4 Å². The molecule has 0 atom stereocenters. The summed E-state index contributed by atoms with van der Waals surface area (Å²) in [6.45, 7) is 3.20. The Balaban J connectivity index is 2.10. The van der Waals surface area contributed by atoms with Gasteiger partial charge in [-0.1, -0.05) is 31.6 Å². The van der Waals surface area contributed by atoms with E-state index in [4.69, 9.17) is 4.18 Å². The van der Waals surface area contributed by atoms with Crippen LogP contribution in [0.25, 0.3) is 0 Å². The van der Waals surface area contributed by atoms with Gasteiger partial charge in [0.2, 0.25) is 0 Å². The second-order valence-corrected chi connectivity index (χ2v) is 5.78. The van der Waals surface area contributed by atoms with E-state index in [2.05, 4.69) is 6.58 Å². The lowest BCUT2D eigenvalue weighted by atomic mass is 9.98. The Hall–Kier alpha value is -1.29. The monoisotopic (exact) mass is 252 g/mol. The van der Waals surface area contributed by atoms with Gasteiger partial charge in [0, 0.05) is 0 Å². The van der Waals surface area contributed by atoms with Crippen molar-refractivity contribution in [3.05, 3.63) is 41.8 Å². The minimum absolute atomic E-state index is 0.339. The molecule has 1 aliphatic rings. The first kappa shape index (κ1) is 12.2. The largest absolute Gasteiger partial charge is 0.379 e. The van der Waals surface area contributed by atoms with Crippen LogP contribution in [0.4, 0.5) is 0 Å². The molecule has 4 heteroatoms. The Labute approximate surface area is 102 Å². The summed E-state index contributed by atoms with van der Waals surface area (Å²) in [7, 11) is -3.64. The van der Waals surface area contributed by atoms with Crippen molar-refractivity contribution in [1.29, 1.82) is 0 Å². The van der Waals surface area contributed by atoms with Gasteiger partial charge >= 0.3 is 10.1 Å². The zero-order valence-corrected chi connectivity index (χ0v) is 10.4. The Morgan fingerprint density at radius 2 is 1.76 bits per heavy atom. The van der Waals surface area contributed by atoms with Crippen LogP contribution in [0, 0.1) is 0 Å². The van der Waals surface area contributed by atoms with Crippen LogP contribution in [0.5, 0.6) is 5.75 Å². The SMILES string of the molecule is C=CS(=O)(=O)Oc1ccc(C2CCCC2)cc1. The van der Waals surface area contributed by atoms with Crippen molar-refractivity contribution in [3.8, 4) is 5.75 Å². The minimum atomic E-state index is -3.64. The molecule has 0 heterocycles. The highest BCUT2D eigenvalue weighted by molar-refractivity contribution is 7.90. The van der Waals surface area contributed by atoms with Gasteiger partial charge in [-0.3, -0.25) is 0 Å². The van der Waals surface area contributed by atoms with Crippen molar-refractivity contribution in [2.45, 2.75) is 31.6 Å². The second kappa shape index (κ2) is 4.92. The number of hydrogen-bond donors (Lipinski definition) is 0. The first-order valence-corrected chi connectivity index (χ1v) is 7.25. The predicted octanol–water partition coefficient (Wildman–Crippen LogP) is 3.20. The molecule has 0 saturated heterocycles. The summed E-state index contributed by atoms with van der Waals surface area (Å²) in [5.41, 5.74) is 1.27. The van der Waals surface area contributed by atoms with Crippen LogP contribution in [0.2, 0.25) is 0 Å². The fourth-order valence-electron chi connectivity index (χ4n) is 2.22. The number of rotatable bonds is 4. The van der Waals surface area contributed by atoms with Crippen LogP contribution >= 0.6 is 0 Å². The van der Waals surface area contributed by atoms with E-state index in [1.807, 2.05) is 12.1 Å². The molecule has 0 radical (unpaired) electrons. The molecule has 0 aromatic heterocycles. The molecule has 0 aliphatic heterocycles. The van der Waals surface area contributed by atoms with Crippen molar-refractivity contribution in [1.82, 2.24) is 0 Å². The summed E-state index contributed by atoms with van der Waals surface area (Å²) in [6, 6.07) is 7.30. The zero-order valence-electron chi connectivity index (χ0n) is 9.63. The van der Waals surface area contributed by atoms with E-state index in [0.29, 0.717) is 11.7 Å². The Morgan fingerprint density at radius 1 is 1.18 bits per heavy atom. The molecule has 0 N–H and O–H groups in total. The van der Waals surface area contributed by atoms with Crippen LogP contribution < -0.4 is 4.18 Å². The first-order chi connectivity index (χ1) is 8.11. The molecule has 1 aromatic rings. The van der Waals surface area contributed by atoms with Crippen LogP contribution in [-0.2, 0) is 10.1 Å². The summed E-state index contributed by atoms with van der Waals surface area (Å²) < 4.78 is 27.2. The third kappa shape index (κ3) is 3.09. The maximum atomic E-state index is 11.2. The van der Waals surface area contributed by atoms with Crippen LogP contribution in [0.15, 0.2) is 36.3 Å². The lowest BCUT2D eigenvalue weighted by Gasteiger charge is -2.10. The van der Waals surface area contributed by atoms with Gasteiger partial charge < -0.3 is 4.18 Å². The molecular weight excluding hydrogens is 236 g/mol. The van der Waals surface area contributed by atoms with Crippen molar-refractivity contribution in [2.24, 2.45) is 0 Å². The Kier molecular flexibility index (Phi) is 3.52. The molecule has 17 heavy (non-hydrogen) atoms. The Bertz CT molecular complexity index is 482. The van der Waals surface area contributed by atoms with Gasteiger partial charge in [-0.05, 0) is 36.5 Å². The van der Waals surface area contributed by atoms with E-state index < -0.39 is 10.1 Å². The lowest BCUT2D eigenvalue weighted by Crippen LogP contribution is -2.04. The maximum absolute atomic E-state index is 11.2. The summed E-state index contributed by atoms with van der Waals surface area (Å²) in [5, 5.41) is 0.803. The standard InChI is InChI=1S/C13H16O3S/c1-2-17(14,15)16-13-9-7-12(8-10-13)11-5-3-4-6-11/h2,7-11H,1,3-6H2. The predicted molar refractivity (Wildman–Crippen MR) is 67.4 cm³/mol. The van der Waals surface area contributed by atoms with Gasteiger partial charge in [-0.2, -0.15) is 8.42 Å². The second-order valence-electron chi connectivity index (χ2n) is 4.29. The van der Waals surface area contributed by atoms with Crippen LogP contribution in [-0.4, -0.2) is 8.42 Å². The molecule has 1 aromatic carbocycles. The zero-order chi connectivity index (χ0) is 12.3. The third-order valence-electron chi connectivity index (χ3n) is 3.12. The molecule has 1 saturated carbocycles. The van der Waals surface area contributed by atoms with Crippen molar-refractivity contribution in [2.75, 3.05) is 0 Å². The molecule has 92 valence electrons. The van der Waals surface area contributed by atoms with Gasteiger partial charge in [-0.25, -0.2) is 0 Å². The highest BCUT2D eigenvalue weighted by Crippen LogP contribution is 2.34. The van der Waals surface area contributed by atoms with Gasteiger partial charge in [0.25, 0.3) is 0 Å². The molecule has 1 fully saturated rings. The first-order valence-electron chi connectivity index (χ1n) is 5.77. The fourth-order valence-corrected chi connectivity index (χ4v) is 2.67. The molecule has 2 rings (SSSR count). The summed E-state index contributed by atoms with van der Waals surface area (Å²) >= 11 is 0. The van der Waals surface area contributed by atoms with Gasteiger partial charge in [0.15, 0.2) is 0 Å². The highest BCUT2D eigenvalue weighted by atomic mass is 32.2. The Morgan fingerprint density at radius 3 is 2.29 bits per heavy atom. The van der Waals surface area contributed by atoms with E-state index in [1.165, 1.54) is 31.2 Å². The van der Waals surface area contributed by atoms with Crippen molar-refractivity contribution in [3.63, 3.8) is 0 Å². The number of benzene rings is 1. The van der Waals surface area contributed by atoms with Crippen LogP contribution in [0.1, 0.15) is 37.2 Å². The average Bonchev–Trinajstić information content (AvgIpc) is 2.83. The summed E-state index contributed by atoms with van der Waals surface area (Å²) in [6.07, 6.45) is 5.03. The van der Waals surface area contributed by atoms with E-state index in [0.717, 1.165) is 5.41 Å².